The SMILES string of the molecule is COC1C=C(c2cc(COC(C)(C)C(=O)O)nn2-c2cccc(Cl)c2)C=CC1C. The molecule has 1 aliphatic rings. The van der Waals surface area contributed by atoms with Gasteiger partial charge in [-0.15, -0.1) is 0 Å². The molecule has 3 rings (SSSR count). The first-order valence-corrected chi connectivity index (χ1v) is 9.74. The first-order valence-electron chi connectivity index (χ1n) is 9.36. The number of hydrogen-bond donors (Lipinski definition) is 1. The minimum absolute atomic E-state index is 0.0386. The van der Waals surface area contributed by atoms with Crippen LogP contribution in [-0.2, 0) is 20.9 Å². The number of allylic oxidation sites excluding steroid dienone is 2. The molecule has 0 spiro atoms. The van der Waals surface area contributed by atoms with Gasteiger partial charge in [0, 0.05) is 18.1 Å². The van der Waals surface area contributed by atoms with Crippen LogP contribution >= 0.6 is 11.6 Å². The molecular weight excluding hydrogens is 392 g/mol. The number of carboxylic acids is 1. The topological polar surface area (TPSA) is 73.6 Å². The van der Waals surface area contributed by atoms with E-state index in [0.717, 1.165) is 17.0 Å². The van der Waals surface area contributed by atoms with Crippen molar-refractivity contribution in [1.29, 1.82) is 0 Å². The van der Waals surface area contributed by atoms with Gasteiger partial charge in [-0.25, -0.2) is 9.48 Å². The second-order valence-corrected chi connectivity index (χ2v) is 7.99. The Hall–Kier alpha value is -2.41. The van der Waals surface area contributed by atoms with E-state index in [-0.39, 0.29) is 18.6 Å². The number of nitrogens with zero attached hydrogens (tertiary/aromatic N) is 2. The van der Waals surface area contributed by atoms with Crippen molar-refractivity contribution in [2.24, 2.45) is 5.92 Å². The zero-order chi connectivity index (χ0) is 21.2. The van der Waals surface area contributed by atoms with Crippen LogP contribution in [0.25, 0.3) is 11.3 Å². The summed E-state index contributed by atoms with van der Waals surface area (Å²) in [6.07, 6.45) is 6.17. The van der Waals surface area contributed by atoms with Gasteiger partial charge in [0.2, 0.25) is 0 Å². The van der Waals surface area contributed by atoms with Crippen molar-refractivity contribution in [2.45, 2.75) is 39.1 Å². The molecule has 0 radical (unpaired) electrons. The Morgan fingerprint density at radius 1 is 1.34 bits per heavy atom. The Labute approximate surface area is 175 Å². The zero-order valence-electron chi connectivity index (χ0n) is 16.9. The summed E-state index contributed by atoms with van der Waals surface area (Å²) >= 11 is 6.18. The fraction of sp³-hybridized carbons (Fsp3) is 0.364. The van der Waals surface area contributed by atoms with Crippen molar-refractivity contribution in [1.82, 2.24) is 9.78 Å². The number of carbonyl (C=O) groups is 1. The highest BCUT2D eigenvalue weighted by Crippen LogP contribution is 2.29. The van der Waals surface area contributed by atoms with Crippen molar-refractivity contribution < 1.29 is 19.4 Å². The Morgan fingerprint density at radius 2 is 2.10 bits per heavy atom. The average Bonchev–Trinajstić information content (AvgIpc) is 3.11. The van der Waals surface area contributed by atoms with E-state index in [1.165, 1.54) is 13.8 Å². The van der Waals surface area contributed by atoms with Gasteiger partial charge in [0.05, 0.1) is 29.8 Å². The molecule has 0 saturated carbocycles. The molecule has 1 aliphatic carbocycles. The van der Waals surface area contributed by atoms with Gasteiger partial charge in [-0.1, -0.05) is 36.7 Å². The third kappa shape index (κ3) is 4.78. The van der Waals surface area contributed by atoms with Crippen molar-refractivity contribution in [2.75, 3.05) is 7.11 Å². The number of ether oxygens (including phenoxy) is 2. The molecule has 1 heterocycles. The summed E-state index contributed by atoms with van der Waals surface area (Å²) in [5.41, 5.74) is 1.94. The molecule has 0 bridgehead atoms. The maximum Gasteiger partial charge on any atom is 0.335 e. The van der Waals surface area contributed by atoms with E-state index in [1.54, 1.807) is 17.9 Å². The Kier molecular flexibility index (Phi) is 6.27. The number of halogens is 1. The van der Waals surface area contributed by atoms with E-state index in [0.29, 0.717) is 10.7 Å². The van der Waals surface area contributed by atoms with Crippen LogP contribution in [0.15, 0.2) is 48.6 Å². The van der Waals surface area contributed by atoms with E-state index in [9.17, 15) is 9.90 Å². The molecule has 6 nitrogen and oxygen atoms in total. The normalized spacial score (nSPS) is 19.3. The number of aromatic nitrogens is 2. The summed E-state index contributed by atoms with van der Waals surface area (Å²) in [7, 11) is 1.69. The Balaban J connectivity index is 2.01. The van der Waals surface area contributed by atoms with Crippen LogP contribution < -0.4 is 0 Å². The van der Waals surface area contributed by atoms with Crippen molar-refractivity contribution in [3.05, 3.63) is 65.0 Å². The van der Waals surface area contributed by atoms with Crippen LogP contribution in [-0.4, -0.2) is 39.7 Å². The van der Waals surface area contributed by atoms with Gasteiger partial charge in [-0.2, -0.15) is 5.10 Å². The molecule has 154 valence electrons. The molecule has 0 aliphatic heterocycles. The molecule has 2 atom stereocenters. The van der Waals surface area contributed by atoms with Crippen molar-refractivity contribution in [3.63, 3.8) is 0 Å². The minimum Gasteiger partial charge on any atom is -0.479 e. The van der Waals surface area contributed by atoms with E-state index < -0.39 is 11.6 Å². The molecule has 0 fully saturated rings. The second kappa shape index (κ2) is 8.53. The molecule has 0 saturated heterocycles. The average molecular weight is 417 g/mol. The van der Waals surface area contributed by atoms with Gasteiger partial charge in [0.15, 0.2) is 5.60 Å². The number of aliphatic carboxylic acids is 1. The molecule has 1 N–H and O–H groups in total. The maximum atomic E-state index is 11.3. The maximum absolute atomic E-state index is 11.3. The van der Waals surface area contributed by atoms with E-state index in [1.807, 2.05) is 30.3 Å². The molecular formula is C22H25ClN2O4. The highest BCUT2D eigenvalue weighted by Gasteiger charge is 2.28. The predicted octanol–water partition coefficient (Wildman–Crippen LogP) is 4.51. The van der Waals surface area contributed by atoms with Gasteiger partial charge < -0.3 is 14.6 Å². The highest BCUT2D eigenvalue weighted by atomic mass is 35.5. The lowest BCUT2D eigenvalue weighted by atomic mass is 9.94. The number of rotatable bonds is 7. The molecule has 1 aromatic carbocycles. The molecule has 0 amide bonds. The lowest BCUT2D eigenvalue weighted by molar-refractivity contribution is -0.162. The van der Waals surface area contributed by atoms with Crippen molar-refractivity contribution >= 4 is 23.1 Å². The van der Waals surface area contributed by atoms with Crippen LogP contribution in [0.4, 0.5) is 0 Å². The van der Waals surface area contributed by atoms with E-state index >= 15 is 0 Å². The monoisotopic (exact) mass is 416 g/mol. The Morgan fingerprint density at radius 3 is 2.76 bits per heavy atom. The largest absolute Gasteiger partial charge is 0.479 e. The summed E-state index contributed by atoms with van der Waals surface area (Å²) in [6.45, 7) is 5.20. The number of carboxylic acid groups (broad SMARTS) is 1. The molecule has 29 heavy (non-hydrogen) atoms. The summed E-state index contributed by atoms with van der Waals surface area (Å²) in [6, 6.07) is 9.30. The fourth-order valence-electron chi connectivity index (χ4n) is 3.03. The van der Waals surface area contributed by atoms with E-state index in [2.05, 4.69) is 24.2 Å². The van der Waals surface area contributed by atoms with Gasteiger partial charge in [-0.3, -0.25) is 0 Å². The van der Waals surface area contributed by atoms with Crippen molar-refractivity contribution in [3.8, 4) is 5.69 Å². The lowest BCUT2D eigenvalue weighted by Crippen LogP contribution is -2.34. The number of hydrogen-bond acceptors (Lipinski definition) is 4. The van der Waals surface area contributed by atoms with E-state index in [4.69, 9.17) is 21.1 Å². The summed E-state index contributed by atoms with van der Waals surface area (Å²) in [5.74, 6) is -0.757. The van der Waals surface area contributed by atoms with Crippen LogP contribution in [0.1, 0.15) is 32.2 Å². The summed E-state index contributed by atoms with van der Waals surface area (Å²) < 4.78 is 13.0. The van der Waals surface area contributed by atoms with Crippen LogP contribution in [0.5, 0.6) is 0 Å². The third-order valence-electron chi connectivity index (χ3n) is 4.92. The standard InChI is InChI=1S/C22H25ClN2O4/c1-14-8-9-15(10-20(14)28-4)19-12-17(13-29-22(2,3)21(26)27)24-25(19)18-7-5-6-16(23)11-18/h5-12,14,20H,13H2,1-4H3,(H,26,27). The zero-order valence-corrected chi connectivity index (χ0v) is 17.7. The third-order valence-corrected chi connectivity index (χ3v) is 5.15. The molecule has 2 aromatic rings. The van der Waals surface area contributed by atoms with Gasteiger partial charge >= 0.3 is 5.97 Å². The predicted molar refractivity (Wildman–Crippen MR) is 112 cm³/mol. The molecule has 2 unspecified atom stereocenters. The lowest BCUT2D eigenvalue weighted by Gasteiger charge is -2.22. The van der Waals surface area contributed by atoms with Crippen LogP contribution in [0, 0.1) is 5.92 Å². The molecule has 1 aromatic heterocycles. The first-order chi connectivity index (χ1) is 13.7. The number of benzene rings is 1. The summed E-state index contributed by atoms with van der Waals surface area (Å²) in [5, 5.41) is 14.5. The quantitative estimate of drug-likeness (QED) is 0.718. The van der Waals surface area contributed by atoms with Gasteiger partial charge in [-0.05, 0) is 49.8 Å². The highest BCUT2D eigenvalue weighted by molar-refractivity contribution is 6.30. The smallest absolute Gasteiger partial charge is 0.335 e. The molecule has 7 heteroatoms. The van der Waals surface area contributed by atoms with Crippen LogP contribution in [0.3, 0.4) is 0 Å². The second-order valence-electron chi connectivity index (χ2n) is 7.56. The van der Waals surface area contributed by atoms with Crippen LogP contribution in [0.2, 0.25) is 5.02 Å². The number of methoxy groups -OCH3 is 1. The Bertz CT molecular complexity index is 961. The van der Waals surface area contributed by atoms with Gasteiger partial charge in [0.1, 0.15) is 0 Å². The first kappa shape index (κ1) is 21.3. The minimum atomic E-state index is -1.30. The summed E-state index contributed by atoms with van der Waals surface area (Å²) in [4.78, 5) is 11.3. The van der Waals surface area contributed by atoms with Gasteiger partial charge in [0.25, 0.3) is 0 Å². The fourth-order valence-corrected chi connectivity index (χ4v) is 3.21.